The molecule has 0 N–H and O–H groups in total. The number of fused-ring (bicyclic) bond motifs is 1. The molecule has 0 amide bonds. The Morgan fingerprint density at radius 3 is 2.58 bits per heavy atom. The molecule has 1 aliphatic carbocycles. The first-order valence-electron chi connectivity index (χ1n) is 6.37. The lowest BCUT2D eigenvalue weighted by Crippen LogP contribution is -2.24. The first-order valence-corrected chi connectivity index (χ1v) is 6.37. The van der Waals surface area contributed by atoms with E-state index in [4.69, 9.17) is 4.74 Å². The number of ether oxygens (including phenoxy) is 1. The number of aryl methyl sites for hydroxylation is 1. The van der Waals surface area contributed by atoms with E-state index in [1.165, 1.54) is 0 Å². The number of hydrogen-bond donors (Lipinski definition) is 0. The van der Waals surface area contributed by atoms with Gasteiger partial charge in [0.1, 0.15) is 5.60 Å². The largest absolute Gasteiger partial charge is 0.456 e. The summed E-state index contributed by atoms with van der Waals surface area (Å²) in [5, 5.41) is 0. The number of ketones is 1. The molecule has 1 aromatic carbocycles. The van der Waals surface area contributed by atoms with Gasteiger partial charge in [0, 0.05) is 12.0 Å². The van der Waals surface area contributed by atoms with E-state index >= 15 is 0 Å². The third-order valence-electron chi connectivity index (χ3n) is 3.02. The Hall–Kier alpha value is -1.90. The van der Waals surface area contributed by atoms with Crippen molar-refractivity contribution in [2.45, 2.75) is 39.2 Å². The van der Waals surface area contributed by atoms with Crippen LogP contribution in [0.4, 0.5) is 0 Å². The van der Waals surface area contributed by atoms with Gasteiger partial charge in [-0.3, -0.25) is 4.79 Å². The van der Waals surface area contributed by atoms with Gasteiger partial charge in [-0.2, -0.15) is 0 Å². The van der Waals surface area contributed by atoms with Crippen LogP contribution in [0.3, 0.4) is 0 Å². The molecule has 0 aromatic heterocycles. The zero-order valence-corrected chi connectivity index (χ0v) is 11.6. The van der Waals surface area contributed by atoms with E-state index in [9.17, 15) is 9.59 Å². The lowest BCUT2D eigenvalue weighted by atomic mass is 10.0. The molecular formula is C16H18O3. The van der Waals surface area contributed by atoms with Crippen LogP contribution in [0, 0.1) is 0 Å². The summed E-state index contributed by atoms with van der Waals surface area (Å²) in [7, 11) is 0. The quantitative estimate of drug-likeness (QED) is 0.604. The number of benzene rings is 1. The van der Waals surface area contributed by atoms with Crippen molar-refractivity contribution in [3.63, 3.8) is 0 Å². The van der Waals surface area contributed by atoms with E-state index in [0.717, 1.165) is 23.1 Å². The summed E-state index contributed by atoms with van der Waals surface area (Å²) in [6.07, 6.45) is 1.29. The van der Waals surface area contributed by atoms with Crippen LogP contribution in [-0.2, 0) is 16.0 Å². The standard InChI is InChI=1S/C16H18O3/c1-10(15(18)19-16(2,3)4)11-5-7-13-12(9-11)6-8-14(13)17/h5,7,9H,1,6,8H2,2-4H3. The maximum Gasteiger partial charge on any atom is 0.338 e. The molecule has 2 rings (SSSR count). The second-order valence-electron chi connectivity index (χ2n) is 5.78. The van der Waals surface area contributed by atoms with Gasteiger partial charge in [0.25, 0.3) is 0 Å². The average Bonchev–Trinajstić information content (AvgIpc) is 2.67. The van der Waals surface area contributed by atoms with E-state index in [1.807, 2.05) is 26.8 Å². The molecule has 0 saturated carbocycles. The van der Waals surface area contributed by atoms with Crippen molar-refractivity contribution in [3.05, 3.63) is 41.5 Å². The van der Waals surface area contributed by atoms with Gasteiger partial charge in [0.2, 0.25) is 0 Å². The summed E-state index contributed by atoms with van der Waals surface area (Å²) in [6, 6.07) is 5.40. The molecule has 0 heterocycles. The van der Waals surface area contributed by atoms with Crippen molar-refractivity contribution < 1.29 is 14.3 Å². The molecule has 0 fully saturated rings. The minimum Gasteiger partial charge on any atom is -0.456 e. The first-order chi connectivity index (χ1) is 8.78. The van der Waals surface area contributed by atoms with Crippen molar-refractivity contribution in [2.75, 3.05) is 0 Å². The van der Waals surface area contributed by atoms with Crippen LogP contribution in [0.2, 0.25) is 0 Å². The summed E-state index contributed by atoms with van der Waals surface area (Å²) >= 11 is 0. The number of Topliss-reactive ketones (excluding diaryl/α,β-unsaturated/α-hetero) is 1. The van der Waals surface area contributed by atoms with Crippen LogP contribution in [-0.4, -0.2) is 17.4 Å². The number of esters is 1. The van der Waals surface area contributed by atoms with Gasteiger partial charge in [-0.05, 0) is 38.3 Å². The molecule has 0 radical (unpaired) electrons. The Labute approximate surface area is 113 Å². The molecule has 0 atom stereocenters. The van der Waals surface area contributed by atoms with Crippen LogP contribution in [0.15, 0.2) is 24.8 Å². The van der Waals surface area contributed by atoms with E-state index in [2.05, 4.69) is 6.58 Å². The van der Waals surface area contributed by atoms with Gasteiger partial charge < -0.3 is 4.74 Å². The molecule has 1 aliphatic rings. The Balaban J connectivity index is 2.21. The number of rotatable bonds is 2. The van der Waals surface area contributed by atoms with Crippen LogP contribution in [0.25, 0.3) is 5.57 Å². The second-order valence-corrected chi connectivity index (χ2v) is 5.78. The zero-order valence-electron chi connectivity index (χ0n) is 11.6. The van der Waals surface area contributed by atoms with Gasteiger partial charge in [-0.1, -0.05) is 24.8 Å². The van der Waals surface area contributed by atoms with Gasteiger partial charge in [0.15, 0.2) is 5.78 Å². The van der Waals surface area contributed by atoms with Crippen molar-refractivity contribution in [1.82, 2.24) is 0 Å². The van der Waals surface area contributed by atoms with Crippen molar-refractivity contribution in [1.29, 1.82) is 0 Å². The molecule has 1 aromatic rings. The molecule has 0 aliphatic heterocycles. The molecule has 3 heteroatoms. The minimum absolute atomic E-state index is 0.171. The van der Waals surface area contributed by atoms with Crippen LogP contribution in [0.5, 0.6) is 0 Å². The summed E-state index contributed by atoms with van der Waals surface area (Å²) in [6.45, 7) is 9.25. The van der Waals surface area contributed by atoms with Gasteiger partial charge >= 0.3 is 5.97 Å². The number of carbonyl (C=O) groups excluding carboxylic acids is 2. The molecule has 19 heavy (non-hydrogen) atoms. The van der Waals surface area contributed by atoms with E-state index in [1.54, 1.807) is 12.1 Å². The highest BCUT2D eigenvalue weighted by Gasteiger charge is 2.23. The van der Waals surface area contributed by atoms with Crippen molar-refractivity contribution in [2.24, 2.45) is 0 Å². The lowest BCUT2D eigenvalue weighted by molar-refractivity contribution is -0.147. The monoisotopic (exact) mass is 258 g/mol. The number of carbonyl (C=O) groups is 2. The van der Waals surface area contributed by atoms with Crippen molar-refractivity contribution in [3.8, 4) is 0 Å². The molecule has 0 spiro atoms. The Morgan fingerprint density at radius 2 is 1.95 bits per heavy atom. The summed E-state index contributed by atoms with van der Waals surface area (Å²) < 4.78 is 5.29. The molecule has 100 valence electrons. The maximum absolute atomic E-state index is 11.9. The molecule has 0 bridgehead atoms. The summed E-state index contributed by atoms with van der Waals surface area (Å²) in [5.74, 6) is -0.249. The van der Waals surface area contributed by atoms with E-state index in [-0.39, 0.29) is 5.78 Å². The fourth-order valence-corrected chi connectivity index (χ4v) is 2.10. The lowest BCUT2D eigenvalue weighted by Gasteiger charge is -2.20. The molecule has 3 nitrogen and oxygen atoms in total. The highest BCUT2D eigenvalue weighted by Crippen LogP contribution is 2.26. The van der Waals surface area contributed by atoms with Crippen molar-refractivity contribution >= 4 is 17.3 Å². The predicted octanol–water partition coefficient (Wildman–Crippen LogP) is 3.17. The van der Waals surface area contributed by atoms with Crippen LogP contribution < -0.4 is 0 Å². The Morgan fingerprint density at radius 1 is 1.26 bits per heavy atom. The summed E-state index contributed by atoms with van der Waals surface area (Å²) in [5.41, 5.74) is 2.28. The minimum atomic E-state index is -0.535. The molecule has 0 saturated heterocycles. The maximum atomic E-state index is 11.9. The predicted molar refractivity (Wildman–Crippen MR) is 74.0 cm³/mol. The zero-order chi connectivity index (χ0) is 14.2. The Kier molecular flexibility index (Phi) is 3.31. The van der Waals surface area contributed by atoms with Gasteiger partial charge in [0.05, 0.1) is 5.57 Å². The third-order valence-corrected chi connectivity index (χ3v) is 3.02. The van der Waals surface area contributed by atoms with Gasteiger partial charge in [-0.25, -0.2) is 4.79 Å². The van der Waals surface area contributed by atoms with Crippen LogP contribution >= 0.6 is 0 Å². The average molecular weight is 258 g/mol. The van der Waals surface area contributed by atoms with E-state index in [0.29, 0.717) is 12.0 Å². The highest BCUT2D eigenvalue weighted by molar-refractivity contribution is 6.16. The smallest absolute Gasteiger partial charge is 0.338 e. The fraction of sp³-hybridized carbons (Fsp3) is 0.375. The normalized spacial score (nSPS) is 14.2. The Bertz CT molecular complexity index is 562. The topological polar surface area (TPSA) is 43.4 Å². The number of hydrogen-bond acceptors (Lipinski definition) is 3. The SMILES string of the molecule is C=C(C(=O)OC(C)(C)C)c1ccc2c(c1)CCC2=O. The molecule has 0 unspecified atom stereocenters. The summed E-state index contributed by atoms with van der Waals surface area (Å²) in [4.78, 5) is 23.5. The van der Waals surface area contributed by atoms with Crippen LogP contribution in [0.1, 0.15) is 48.7 Å². The highest BCUT2D eigenvalue weighted by atomic mass is 16.6. The molecular weight excluding hydrogens is 240 g/mol. The van der Waals surface area contributed by atoms with Gasteiger partial charge in [-0.15, -0.1) is 0 Å². The first kappa shape index (κ1) is 13.5. The fourth-order valence-electron chi connectivity index (χ4n) is 2.10. The van der Waals surface area contributed by atoms with E-state index < -0.39 is 11.6 Å². The third kappa shape index (κ3) is 2.92. The second kappa shape index (κ2) is 4.65.